The summed E-state index contributed by atoms with van der Waals surface area (Å²) in [5.74, 6) is 5.64. The van der Waals surface area contributed by atoms with Gasteiger partial charge in [0.2, 0.25) is 0 Å². The second-order valence-corrected chi connectivity index (χ2v) is 5.34. The van der Waals surface area contributed by atoms with Crippen molar-refractivity contribution in [1.82, 2.24) is 4.90 Å². The van der Waals surface area contributed by atoms with Crippen molar-refractivity contribution in [3.05, 3.63) is 70.8 Å². The summed E-state index contributed by atoms with van der Waals surface area (Å²) >= 11 is 0. The number of aliphatic hydroxyl groups excluding tert-OH is 1. The summed E-state index contributed by atoms with van der Waals surface area (Å²) in [5.41, 5.74) is 2.64. The molecule has 0 saturated heterocycles. The summed E-state index contributed by atoms with van der Waals surface area (Å²) in [6.07, 6.45) is 1.15. The van der Waals surface area contributed by atoms with Crippen molar-refractivity contribution in [2.75, 3.05) is 13.7 Å². The van der Waals surface area contributed by atoms with Crippen LogP contribution in [0, 0.1) is 11.8 Å². The van der Waals surface area contributed by atoms with Crippen LogP contribution in [0.2, 0.25) is 0 Å². The molecule has 0 radical (unpaired) electrons. The third-order valence-corrected chi connectivity index (χ3v) is 3.51. The predicted molar refractivity (Wildman–Crippen MR) is 92.6 cm³/mol. The fourth-order valence-electron chi connectivity index (χ4n) is 2.26. The molecular formula is C20H19NO3. The first-order chi connectivity index (χ1) is 11.7. The highest BCUT2D eigenvalue weighted by molar-refractivity contribution is 6.01. The van der Waals surface area contributed by atoms with E-state index in [0.29, 0.717) is 30.4 Å². The molecule has 2 rings (SSSR count). The van der Waals surface area contributed by atoms with Gasteiger partial charge in [-0.05, 0) is 23.8 Å². The molecule has 4 heteroatoms. The normalized spacial score (nSPS) is 9.75. The Kier molecular flexibility index (Phi) is 6.30. The Labute approximate surface area is 141 Å². The molecule has 2 aromatic carbocycles. The summed E-state index contributed by atoms with van der Waals surface area (Å²) < 4.78 is 0. The summed E-state index contributed by atoms with van der Waals surface area (Å²) in [7, 11) is 1.71. The molecule has 0 bridgehead atoms. The number of aldehydes is 1. The van der Waals surface area contributed by atoms with Crippen LogP contribution in [0.4, 0.5) is 0 Å². The minimum atomic E-state index is -0.190. The van der Waals surface area contributed by atoms with Gasteiger partial charge in [-0.25, -0.2) is 0 Å². The van der Waals surface area contributed by atoms with Crippen LogP contribution >= 0.6 is 0 Å². The molecule has 0 aliphatic carbocycles. The van der Waals surface area contributed by atoms with Crippen molar-refractivity contribution < 1.29 is 14.7 Å². The summed E-state index contributed by atoms with van der Waals surface area (Å²) in [5, 5.41) is 8.71. The number of hydrogen-bond donors (Lipinski definition) is 1. The third-order valence-electron chi connectivity index (χ3n) is 3.51. The van der Waals surface area contributed by atoms with E-state index in [1.54, 1.807) is 36.2 Å². The Hall–Kier alpha value is -2.90. The molecule has 1 N–H and O–H groups in total. The highest BCUT2D eigenvalue weighted by Gasteiger charge is 2.15. The van der Waals surface area contributed by atoms with Crippen LogP contribution in [0.25, 0.3) is 0 Å². The minimum absolute atomic E-state index is 0.0558. The number of amides is 1. The lowest BCUT2D eigenvalue weighted by atomic mass is 10.1. The number of carbonyl (C=O) groups excluding carboxylic acids is 2. The zero-order chi connectivity index (χ0) is 17.4. The van der Waals surface area contributed by atoms with Crippen LogP contribution in [0.15, 0.2) is 48.5 Å². The minimum Gasteiger partial charge on any atom is -0.395 e. The van der Waals surface area contributed by atoms with Gasteiger partial charge in [0, 0.05) is 31.1 Å². The number of carbonyl (C=O) groups is 2. The molecule has 0 spiro atoms. The monoisotopic (exact) mass is 321 g/mol. The van der Waals surface area contributed by atoms with Crippen LogP contribution in [0.5, 0.6) is 0 Å². The molecule has 0 heterocycles. The average molecular weight is 321 g/mol. The second-order valence-electron chi connectivity index (χ2n) is 5.34. The van der Waals surface area contributed by atoms with Crippen LogP contribution in [0.1, 0.15) is 38.3 Å². The Morgan fingerprint density at radius 2 is 1.88 bits per heavy atom. The lowest BCUT2D eigenvalue weighted by molar-refractivity contribution is 0.0782. The van der Waals surface area contributed by atoms with Gasteiger partial charge in [-0.15, -0.1) is 0 Å². The summed E-state index contributed by atoms with van der Waals surface area (Å²) in [4.78, 5) is 25.1. The molecule has 0 fully saturated rings. The second kappa shape index (κ2) is 8.66. The number of benzene rings is 2. The first-order valence-electron chi connectivity index (χ1n) is 7.64. The van der Waals surface area contributed by atoms with E-state index < -0.39 is 0 Å². The van der Waals surface area contributed by atoms with Crippen molar-refractivity contribution in [3.8, 4) is 11.8 Å². The highest BCUT2D eigenvalue weighted by Crippen LogP contribution is 2.12. The zero-order valence-electron chi connectivity index (χ0n) is 13.5. The Bertz CT molecular complexity index is 769. The van der Waals surface area contributed by atoms with E-state index in [-0.39, 0.29) is 12.5 Å². The van der Waals surface area contributed by atoms with Crippen LogP contribution in [0.3, 0.4) is 0 Å². The van der Waals surface area contributed by atoms with Crippen LogP contribution in [-0.4, -0.2) is 35.9 Å². The molecule has 0 aromatic heterocycles. The van der Waals surface area contributed by atoms with E-state index in [2.05, 4.69) is 11.8 Å². The fraction of sp³-hybridized carbons (Fsp3) is 0.200. The van der Waals surface area contributed by atoms with E-state index in [9.17, 15) is 9.59 Å². The first kappa shape index (κ1) is 17.5. The molecule has 0 aliphatic heterocycles. The smallest absolute Gasteiger partial charge is 0.254 e. The molecule has 0 atom stereocenters. The molecular weight excluding hydrogens is 302 g/mol. The van der Waals surface area contributed by atoms with Crippen molar-refractivity contribution in [1.29, 1.82) is 0 Å². The zero-order valence-corrected chi connectivity index (χ0v) is 13.5. The summed E-state index contributed by atoms with van der Waals surface area (Å²) in [6, 6.07) is 14.4. The standard InChI is InChI=1S/C20H19NO3/c1-21(20(24)19-8-3-2-7-18(19)15-23)14-17-11-9-16(10-12-17)6-4-5-13-22/h2-3,7-12,15,22H,5,13-14H2,1H3. The lowest BCUT2D eigenvalue weighted by Gasteiger charge is -2.18. The number of rotatable bonds is 5. The Morgan fingerprint density at radius 3 is 2.54 bits per heavy atom. The largest absolute Gasteiger partial charge is 0.395 e. The molecule has 2 aromatic rings. The molecule has 122 valence electrons. The van der Waals surface area contributed by atoms with E-state index in [1.165, 1.54) is 0 Å². The van der Waals surface area contributed by atoms with Crippen molar-refractivity contribution >= 4 is 12.2 Å². The van der Waals surface area contributed by atoms with Crippen LogP contribution < -0.4 is 0 Å². The van der Waals surface area contributed by atoms with E-state index >= 15 is 0 Å². The van der Waals surface area contributed by atoms with Gasteiger partial charge in [-0.3, -0.25) is 9.59 Å². The maximum Gasteiger partial charge on any atom is 0.254 e. The van der Waals surface area contributed by atoms with Gasteiger partial charge in [-0.2, -0.15) is 0 Å². The van der Waals surface area contributed by atoms with Gasteiger partial charge >= 0.3 is 0 Å². The Morgan fingerprint density at radius 1 is 1.17 bits per heavy atom. The number of aliphatic hydroxyl groups is 1. The Balaban J connectivity index is 2.06. The van der Waals surface area contributed by atoms with Crippen molar-refractivity contribution in [2.45, 2.75) is 13.0 Å². The SMILES string of the molecule is CN(Cc1ccc(C#CCCO)cc1)C(=O)c1ccccc1C=O. The molecule has 4 nitrogen and oxygen atoms in total. The van der Waals surface area contributed by atoms with Gasteiger partial charge in [0.1, 0.15) is 0 Å². The van der Waals surface area contributed by atoms with Gasteiger partial charge in [0.15, 0.2) is 6.29 Å². The van der Waals surface area contributed by atoms with E-state index in [0.717, 1.165) is 11.1 Å². The van der Waals surface area contributed by atoms with Gasteiger partial charge < -0.3 is 10.0 Å². The molecule has 0 saturated carbocycles. The average Bonchev–Trinajstić information content (AvgIpc) is 2.62. The van der Waals surface area contributed by atoms with Crippen molar-refractivity contribution in [2.24, 2.45) is 0 Å². The van der Waals surface area contributed by atoms with Gasteiger partial charge in [-0.1, -0.05) is 42.2 Å². The molecule has 0 unspecified atom stereocenters. The quantitative estimate of drug-likeness (QED) is 0.680. The maximum atomic E-state index is 12.5. The summed E-state index contributed by atoms with van der Waals surface area (Å²) in [6.45, 7) is 0.497. The van der Waals surface area contributed by atoms with Gasteiger partial charge in [0.25, 0.3) is 5.91 Å². The maximum absolute atomic E-state index is 12.5. The number of hydrogen-bond acceptors (Lipinski definition) is 3. The first-order valence-corrected chi connectivity index (χ1v) is 7.64. The van der Waals surface area contributed by atoms with E-state index in [1.807, 2.05) is 24.3 Å². The topological polar surface area (TPSA) is 57.6 Å². The molecule has 0 aliphatic rings. The highest BCUT2D eigenvalue weighted by atomic mass is 16.2. The number of nitrogens with zero attached hydrogens (tertiary/aromatic N) is 1. The van der Waals surface area contributed by atoms with Crippen molar-refractivity contribution in [3.63, 3.8) is 0 Å². The predicted octanol–water partition coefficient (Wildman–Crippen LogP) is 2.51. The third kappa shape index (κ3) is 4.55. The molecule has 24 heavy (non-hydrogen) atoms. The van der Waals surface area contributed by atoms with Gasteiger partial charge in [0.05, 0.1) is 12.2 Å². The van der Waals surface area contributed by atoms with E-state index in [4.69, 9.17) is 5.11 Å². The lowest BCUT2D eigenvalue weighted by Crippen LogP contribution is -2.27. The fourth-order valence-corrected chi connectivity index (χ4v) is 2.26. The van der Waals surface area contributed by atoms with Crippen LogP contribution in [-0.2, 0) is 6.54 Å². The molecule has 1 amide bonds.